The maximum absolute atomic E-state index is 12.3. The minimum absolute atomic E-state index is 0. The summed E-state index contributed by atoms with van der Waals surface area (Å²) in [4.78, 5) is 145. The third kappa shape index (κ3) is 36.6. The molecule has 5 fully saturated rings. The molecule has 0 bridgehead atoms. The quantitative estimate of drug-likeness (QED) is 0.0153. The molecule has 54 heteroatoms. The fraction of sp³-hybridized carbons (Fsp3) is 0.759. The normalized spacial score (nSPS) is 27.7. The summed E-state index contributed by atoms with van der Waals surface area (Å²) in [5.41, 5.74) is -7.62. The number of hydrogen-bond acceptors (Lipinski definition) is 38. The maximum Gasteiger partial charge on any atom is 1.00 e. The van der Waals surface area contributed by atoms with E-state index in [9.17, 15) is 102 Å². The Labute approximate surface area is 856 Å². The molecule has 788 valence electrons. The standard InChI is InChI=1S/2C16H26N2O7S.C15H24N2O5.C14H22N2O6.C14H24O6.C2H4O2.C2H4OS.2CH3ClO2S.2CH4.K/c2*1-7-16(9(2)3)12(23-5)11(25-26(6,21)22)14(24-16)18-8-10(4)13(19)17-15(18)20;1-6-15(8(2)3)11(21-5)10(18)13(22-15)17-7-9(4)12(19)16-14(17)20;1-5-14(8(3)17)10(21-4)9(18)12(22-14)16-6-7(2)11(19)15-13(16)20;1-7-14(8(2)3)12(17-6)11(18-9(4)15)13(20-14)19-10(5)16;2*1-2(3)4;2*1-5(2,3)4;;;/h2*8-9,11-12,14H,7H2,1-6H3,(H,17,19,20);7-8,10-11,13,18H,6H2,1-5H3,(H,16,19,20);6,8-10,12,17-18H,5H2,1-4H3,(H,15,19,20);8,11-13H,7H2,1-6H3;2*1H3,(H,3,4);2*1H3;2*1H4;/q;;;;;;;;;;;+1/p-1/t11-,12+,14-,16+;11-,12-,14+,16-;10-,11-,13+,15-;8-,9-,10+,12-,14+;11-,12+,13?,14+;;;;;;;/m10011......./s1. The van der Waals surface area contributed by atoms with Crippen molar-refractivity contribution in [2.24, 2.45) is 23.7 Å². The molecular formula is C83H143Cl2KN8O38S5. The van der Waals surface area contributed by atoms with Gasteiger partial charge < -0.3 is 94.7 Å². The smallest absolute Gasteiger partial charge is 0.742 e. The van der Waals surface area contributed by atoms with Gasteiger partial charge in [-0.15, -0.1) is 0 Å². The molecule has 4 aromatic rings. The van der Waals surface area contributed by atoms with Gasteiger partial charge >= 0.3 is 86.1 Å². The van der Waals surface area contributed by atoms with Crippen molar-refractivity contribution >= 4 is 95.4 Å². The Bertz CT molecular complexity index is 5250. The van der Waals surface area contributed by atoms with Crippen LogP contribution in [-0.4, -0.2) is 277 Å². The molecule has 0 amide bonds. The molecule has 137 heavy (non-hydrogen) atoms. The average Bonchev–Trinajstić information content (AvgIpc) is 1.58. The zero-order chi connectivity index (χ0) is 105. The van der Waals surface area contributed by atoms with Gasteiger partial charge in [-0.05, 0) is 97.3 Å². The fourth-order valence-corrected chi connectivity index (χ4v) is 17.5. The molecule has 0 saturated carbocycles. The van der Waals surface area contributed by atoms with Gasteiger partial charge in [-0.25, -0.2) is 36.0 Å². The van der Waals surface area contributed by atoms with E-state index in [1.807, 2.05) is 83.1 Å². The molecule has 9 heterocycles. The molecule has 1 unspecified atom stereocenters. The summed E-state index contributed by atoms with van der Waals surface area (Å²) in [5.74, 6) is -1.69. The van der Waals surface area contributed by atoms with Gasteiger partial charge in [0.1, 0.15) is 70.7 Å². The number of nitrogens with one attached hydrogen (secondary N) is 4. The Morgan fingerprint density at radius 1 is 0.416 bits per heavy atom. The summed E-state index contributed by atoms with van der Waals surface area (Å²) in [5, 5.41) is 38.4. The summed E-state index contributed by atoms with van der Waals surface area (Å²) in [6.45, 7) is 38.0. The zero-order valence-electron chi connectivity index (χ0n) is 82.1. The largest absolute Gasteiger partial charge is 1.00 e. The Kier molecular flexibility index (Phi) is 56.6. The molecule has 0 spiro atoms. The van der Waals surface area contributed by atoms with Crippen LogP contribution in [0.1, 0.15) is 219 Å². The van der Waals surface area contributed by atoms with Crippen molar-refractivity contribution in [1.82, 2.24) is 38.2 Å². The molecule has 8 N–H and O–H groups in total. The van der Waals surface area contributed by atoms with Gasteiger partial charge in [0.15, 0.2) is 43.2 Å². The van der Waals surface area contributed by atoms with Crippen LogP contribution in [0.25, 0.3) is 0 Å². The van der Waals surface area contributed by atoms with E-state index in [1.165, 1.54) is 85.7 Å². The van der Waals surface area contributed by atoms with E-state index in [1.54, 1.807) is 41.5 Å². The number of methoxy groups -OCH3 is 5. The molecule has 0 aromatic carbocycles. The van der Waals surface area contributed by atoms with Crippen LogP contribution in [0.4, 0.5) is 0 Å². The molecule has 0 aliphatic carbocycles. The third-order valence-corrected chi connectivity index (χ3v) is 23.7. The number of esters is 2. The number of aromatic nitrogens is 8. The number of aliphatic hydroxyl groups is 3. The van der Waals surface area contributed by atoms with E-state index >= 15 is 0 Å². The number of nitrogens with zero attached hydrogens (tertiary/aromatic N) is 4. The molecule has 5 aliphatic heterocycles. The molecule has 5 aliphatic rings. The number of hydrogen-bond donors (Lipinski definition) is 8. The first-order valence-electron chi connectivity index (χ1n) is 41.9. The second kappa shape index (κ2) is 57.2. The Hall–Kier alpha value is -5.56. The van der Waals surface area contributed by atoms with Crippen molar-refractivity contribution in [3.8, 4) is 0 Å². The predicted octanol–water partition coefficient (Wildman–Crippen LogP) is 1.38. The minimum atomic E-state index is -3.85. The maximum atomic E-state index is 12.3. The Morgan fingerprint density at radius 3 is 0.803 bits per heavy atom. The van der Waals surface area contributed by atoms with Crippen LogP contribution in [-0.2, 0) is 135 Å². The number of aromatic amines is 4. The number of ether oxygens (including phenoxy) is 12. The average molecular weight is 2130 g/mol. The number of H-pyrrole nitrogens is 4. The van der Waals surface area contributed by atoms with Crippen LogP contribution < -0.4 is 96.4 Å². The number of carbonyl (C=O) groups is 4. The summed E-state index contributed by atoms with van der Waals surface area (Å²) < 4.78 is 168. The van der Waals surface area contributed by atoms with E-state index in [0.29, 0.717) is 54.4 Å². The zero-order valence-corrected chi connectivity index (χ0v) is 90.9. The van der Waals surface area contributed by atoms with Crippen LogP contribution in [0.5, 0.6) is 0 Å². The van der Waals surface area contributed by atoms with Gasteiger partial charge in [-0.3, -0.25) is 80.1 Å². The van der Waals surface area contributed by atoms with Gasteiger partial charge in [0, 0.05) is 130 Å². The Balaban J connectivity index is -0.00000156. The summed E-state index contributed by atoms with van der Waals surface area (Å²) >= 11 is 3.98. The van der Waals surface area contributed by atoms with Crippen LogP contribution in [0.3, 0.4) is 0 Å². The second-order valence-electron chi connectivity index (χ2n) is 33.1. The second-order valence-corrected chi connectivity index (χ2v) is 43.0. The number of aryl methyl sites for hydroxylation is 4. The molecule has 9 rings (SSSR count). The van der Waals surface area contributed by atoms with Gasteiger partial charge in [0.2, 0.25) is 24.4 Å². The van der Waals surface area contributed by atoms with Crippen LogP contribution in [0, 0.1) is 51.4 Å². The number of aliphatic carboxylic acids is 1. The van der Waals surface area contributed by atoms with Crippen LogP contribution in [0.15, 0.2) is 63.1 Å². The summed E-state index contributed by atoms with van der Waals surface area (Å²) in [7, 11) is 2.27. The van der Waals surface area contributed by atoms with Crippen molar-refractivity contribution in [3.63, 3.8) is 0 Å². The van der Waals surface area contributed by atoms with E-state index < -0.39 is 228 Å². The van der Waals surface area contributed by atoms with E-state index in [4.69, 9.17) is 75.1 Å². The predicted molar refractivity (Wildman–Crippen MR) is 505 cm³/mol. The number of aliphatic hydroxyl groups excluding tert-OH is 3. The van der Waals surface area contributed by atoms with Gasteiger partial charge in [0.25, 0.3) is 48.4 Å². The van der Waals surface area contributed by atoms with Gasteiger partial charge in [-0.1, -0.05) is 105 Å². The number of rotatable bonds is 25. The van der Waals surface area contributed by atoms with Gasteiger partial charge in [-0.2, -0.15) is 16.8 Å². The fourth-order valence-electron chi connectivity index (χ4n) is 16.3. The van der Waals surface area contributed by atoms with Gasteiger partial charge in [0.05, 0.1) is 31.1 Å². The first kappa shape index (κ1) is 136. The van der Waals surface area contributed by atoms with Crippen LogP contribution in [0.2, 0.25) is 0 Å². The van der Waals surface area contributed by atoms with E-state index in [0.717, 1.165) is 45.6 Å². The summed E-state index contributed by atoms with van der Waals surface area (Å²) in [6, 6.07) is 0. The number of carboxylic acids is 1. The molecule has 46 nitrogen and oxygen atoms in total. The number of carboxylic acid groups (broad SMARTS) is 1. The Morgan fingerprint density at radius 2 is 0.613 bits per heavy atom. The molecule has 4 aromatic heterocycles. The van der Waals surface area contributed by atoms with E-state index in [2.05, 4.69) is 53.9 Å². The topological polar surface area (TPSA) is 634 Å². The summed E-state index contributed by atoms with van der Waals surface area (Å²) in [6.07, 6.45) is -2.52. The number of halogens is 2. The van der Waals surface area contributed by atoms with E-state index in [-0.39, 0.29) is 95.0 Å². The SMILES string of the molecule is C.C.CC(=O)O.CC(=O)[S-].CC[C@@]1(C(C)C)OC(OC(C)=O)[C@H](OC(C)=O)[C@@H]1OC.CC[C@@]1(C(C)C)O[C@@H](n2cc(C)c(=O)[nH]c2=O)[C@@H](O)[C@@H]1OC.CC[C@@]1(C(C)C)O[C@@H](n2cc(C)c(=O)[nH]c2=O)[C@@H](OS(C)(=O)=O)[C@@H]1OC.CC[C@@]1(C(C)C)O[C@@H](n2cc(C)c(=O)[nH]c2=O)[C@H](OS(C)(=O)=O)[C@@H]1OC.CC[C@@]1([C@@H](C)O)O[C@@H](n2cc(C)c(=O)[nH]c2=O)[C@H](O)[C@@H]1OC.CS(=O)(=O)Cl.CS(=O)(=O)Cl.[K+]. The molecular weight excluding hydrogens is 1990 g/mol. The first-order chi connectivity index (χ1) is 61.2. The molecule has 5 saturated heterocycles. The third-order valence-electron chi connectivity index (χ3n) is 22.5. The number of carbonyl (C=O) groups excluding carboxylic acids is 3. The molecule has 21 atom stereocenters. The van der Waals surface area contributed by atoms with Crippen molar-refractivity contribution in [1.29, 1.82) is 0 Å². The van der Waals surface area contributed by atoms with Crippen molar-refractivity contribution in [3.05, 3.63) is 130 Å². The minimum Gasteiger partial charge on any atom is -0.742 e. The van der Waals surface area contributed by atoms with Crippen molar-refractivity contribution in [2.45, 2.75) is 326 Å². The van der Waals surface area contributed by atoms with Crippen molar-refractivity contribution < 1.29 is 190 Å². The van der Waals surface area contributed by atoms with Crippen LogP contribution >= 0.6 is 21.4 Å². The van der Waals surface area contributed by atoms with Crippen molar-refractivity contribution in [2.75, 3.05) is 60.6 Å². The molecule has 0 radical (unpaired) electrons. The first-order valence-corrected chi connectivity index (χ1v) is 51.3. The monoisotopic (exact) mass is 2130 g/mol.